The van der Waals surface area contributed by atoms with Gasteiger partial charge in [0.05, 0.1) is 11.5 Å². The Morgan fingerprint density at radius 1 is 0.643 bits per heavy atom. The average Bonchev–Trinajstić information content (AvgIpc) is 2.72. The second kappa shape index (κ2) is 10.5. The summed E-state index contributed by atoms with van der Waals surface area (Å²) in [5.74, 6) is 1.10. The fraction of sp³-hybridized carbons (Fsp3) is 0.0952. The molecule has 2 aromatic carbocycles. The van der Waals surface area contributed by atoms with Crippen LogP contribution in [0, 0.1) is 0 Å². The van der Waals surface area contributed by atoms with E-state index >= 15 is 0 Å². The molecule has 0 saturated heterocycles. The number of nitrogens with one attached hydrogen (secondary N) is 2. The summed E-state index contributed by atoms with van der Waals surface area (Å²) in [6.07, 6.45) is 0. The molecule has 0 aliphatic heterocycles. The molecule has 0 aliphatic rings. The Bertz CT molecular complexity index is 848. The van der Waals surface area contributed by atoms with Crippen LogP contribution < -0.4 is 10.6 Å². The van der Waals surface area contributed by atoms with Gasteiger partial charge in [-0.05, 0) is 36.4 Å². The smallest absolute Gasteiger partial charge is 0.235 e. The minimum Gasteiger partial charge on any atom is -0.310 e. The number of aromatic nitrogens is 1. The summed E-state index contributed by atoms with van der Waals surface area (Å²) in [6, 6.07) is 24.6. The number of pyridine rings is 1. The summed E-state index contributed by atoms with van der Waals surface area (Å²) in [6.45, 7) is 0. The van der Waals surface area contributed by atoms with Crippen molar-refractivity contribution >= 4 is 47.0 Å². The molecule has 0 unspecified atom stereocenters. The van der Waals surface area contributed by atoms with Crippen molar-refractivity contribution in [3.63, 3.8) is 0 Å². The first-order valence-electron chi connectivity index (χ1n) is 8.61. The summed E-state index contributed by atoms with van der Waals surface area (Å²) in [5.41, 5.74) is 0. The number of amides is 2. The van der Waals surface area contributed by atoms with Crippen LogP contribution in [0.4, 0.5) is 11.6 Å². The van der Waals surface area contributed by atoms with E-state index in [1.54, 1.807) is 18.2 Å². The lowest BCUT2D eigenvalue weighted by molar-refractivity contribution is -0.114. The van der Waals surface area contributed by atoms with Crippen LogP contribution in [0.3, 0.4) is 0 Å². The molecule has 2 amide bonds. The van der Waals surface area contributed by atoms with Crippen LogP contribution in [-0.2, 0) is 9.59 Å². The first-order chi connectivity index (χ1) is 13.7. The van der Waals surface area contributed by atoms with Crippen LogP contribution in [0.1, 0.15) is 0 Å². The predicted molar refractivity (Wildman–Crippen MR) is 116 cm³/mol. The summed E-state index contributed by atoms with van der Waals surface area (Å²) in [7, 11) is 0. The van der Waals surface area contributed by atoms with Crippen molar-refractivity contribution in [1.29, 1.82) is 0 Å². The van der Waals surface area contributed by atoms with Gasteiger partial charge in [0, 0.05) is 9.79 Å². The molecule has 1 heterocycles. The molecule has 0 saturated carbocycles. The van der Waals surface area contributed by atoms with Gasteiger partial charge in [0.2, 0.25) is 11.8 Å². The van der Waals surface area contributed by atoms with Gasteiger partial charge in [-0.3, -0.25) is 9.59 Å². The normalized spacial score (nSPS) is 10.3. The molecule has 142 valence electrons. The maximum atomic E-state index is 12.1. The summed E-state index contributed by atoms with van der Waals surface area (Å²) in [5, 5.41) is 5.51. The zero-order chi connectivity index (χ0) is 19.6. The van der Waals surface area contributed by atoms with Gasteiger partial charge >= 0.3 is 0 Å². The lowest BCUT2D eigenvalue weighted by Gasteiger charge is -2.08. The minimum atomic E-state index is -0.149. The van der Waals surface area contributed by atoms with Crippen LogP contribution in [0.25, 0.3) is 0 Å². The number of hydrogen-bond acceptors (Lipinski definition) is 5. The van der Waals surface area contributed by atoms with Gasteiger partial charge in [-0.2, -0.15) is 0 Å². The fourth-order valence-electron chi connectivity index (χ4n) is 2.26. The SMILES string of the molecule is O=C(CSc1ccccc1)Nc1cccc(NC(=O)CSc2ccccc2)n1. The van der Waals surface area contributed by atoms with Crippen LogP contribution >= 0.6 is 23.5 Å². The van der Waals surface area contributed by atoms with E-state index in [1.807, 2.05) is 60.7 Å². The van der Waals surface area contributed by atoms with Crippen molar-refractivity contribution in [2.24, 2.45) is 0 Å². The summed E-state index contributed by atoms with van der Waals surface area (Å²) in [4.78, 5) is 30.6. The molecular weight excluding hydrogens is 390 g/mol. The molecule has 5 nitrogen and oxygen atoms in total. The molecule has 1 aromatic heterocycles. The van der Waals surface area contributed by atoms with Crippen molar-refractivity contribution in [1.82, 2.24) is 4.98 Å². The van der Waals surface area contributed by atoms with Crippen molar-refractivity contribution < 1.29 is 9.59 Å². The minimum absolute atomic E-state index is 0.149. The second-order valence-electron chi connectivity index (χ2n) is 5.71. The maximum Gasteiger partial charge on any atom is 0.235 e. The molecule has 0 radical (unpaired) electrons. The van der Waals surface area contributed by atoms with Gasteiger partial charge in [0.25, 0.3) is 0 Å². The van der Waals surface area contributed by atoms with E-state index < -0.39 is 0 Å². The average molecular weight is 410 g/mol. The Morgan fingerprint density at radius 2 is 1.07 bits per heavy atom. The van der Waals surface area contributed by atoms with E-state index in [-0.39, 0.29) is 23.3 Å². The number of rotatable bonds is 8. The van der Waals surface area contributed by atoms with E-state index in [0.29, 0.717) is 11.6 Å². The van der Waals surface area contributed by atoms with Crippen LogP contribution in [0.5, 0.6) is 0 Å². The van der Waals surface area contributed by atoms with Crippen molar-refractivity contribution in [2.45, 2.75) is 9.79 Å². The number of anilines is 2. The molecule has 0 bridgehead atoms. The molecule has 0 aliphatic carbocycles. The zero-order valence-electron chi connectivity index (χ0n) is 15.0. The maximum absolute atomic E-state index is 12.1. The van der Waals surface area contributed by atoms with Gasteiger partial charge in [0.1, 0.15) is 11.6 Å². The van der Waals surface area contributed by atoms with Crippen LogP contribution in [-0.4, -0.2) is 28.3 Å². The number of thioether (sulfide) groups is 2. The first kappa shape index (κ1) is 20.0. The number of benzene rings is 2. The Kier molecular flexibility index (Phi) is 7.52. The van der Waals surface area contributed by atoms with Gasteiger partial charge in [0.15, 0.2) is 0 Å². The number of nitrogens with zero attached hydrogens (tertiary/aromatic N) is 1. The molecule has 0 atom stereocenters. The van der Waals surface area contributed by atoms with Gasteiger partial charge in [-0.15, -0.1) is 23.5 Å². The number of carbonyl (C=O) groups is 2. The molecule has 7 heteroatoms. The van der Waals surface area contributed by atoms with Crippen molar-refractivity contribution in [3.8, 4) is 0 Å². The highest BCUT2D eigenvalue weighted by Crippen LogP contribution is 2.19. The van der Waals surface area contributed by atoms with Crippen molar-refractivity contribution in [3.05, 3.63) is 78.9 Å². The highest BCUT2D eigenvalue weighted by molar-refractivity contribution is 8.00. The van der Waals surface area contributed by atoms with Gasteiger partial charge in [-0.25, -0.2) is 4.98 Å². The lowest BCUT2D eigenvalue weighted by atomic mass is 10.4. The van der Waals surface area contributed by atoms with E-state index in [9.17, 15) is 9.59 Å². The van der Waals surface area contributed by atoms with E-state index in [0.717, 1.165) is 9.79 Å². The monoisotopic (exact) mass is 409 g/mol. The Balaban J connectivity index is 1.47. The number of carbonyl (C=O) groups excluding carboxylic acids is 2. The molecule has 0 spiro atoms. The lowest BCUT2D eigenvalue weighted by Crippen LogP contribution is -2.17. The third kappa shape index (κ3) is 6.75. The second-order valence-corrected chi connectivity index (χ2v) is 7.81. The molecule has 28 heavy (non-hydrogen) atoms. The predicted octanol–water partition coefficient (Wildman–Crippen LogP) is 4.54. The van der Waals surface area contributed by atoms with Crippen LogP contribution in [0.2, 0.25) is 0 Å². The van der Waals surface area contributed by atoms with E-state index in [4.69, 9.17) is 0 Å². The number of hydrogen-bond donors (Lipinski definition) is 2. The van der Waals surface area contributed by atoms with Crippen LogP contribution in [0.15, 0.2) is 88.7 Å². The van der Waals surface area contributed by atoms with Gasteiger partial charge in [-0.1, -0.05) is 42.5 Å². The largest absolute Gasteiger partial charge is 0.310 e. The third-order valence-electron chi connectivity index (χ3n) is 3.51. The first-order valence-corrected chi connectivity index (χ1v) is 10.6. The zero-order valence-corrected chi connectivity index (χ0v) is 16.6. The molecule has 3 rings (SSSR count). The Morgan fingerprint density at radius 3 is 1.50 bits per heavy atom. The summed E-state index contributed by atoms with van der Waals surface area (Å²) >= 11 is 2.91. The quantitative estimate of drug-likeness (QED) is 0.535. The van der Waals surface area contributed by atoms with Crippen molar-refractivity contribution in [2.75, 3.05) is 22.1 Å². The highest BCUT2D eigenvalue weighted by Gasteiger charge is 2.08. The standard InChI is InChI=1S/C21H19N3O2S2/c25-20(14-27-16-8-3-1-4-9-16)23-18-12-7-13-19(22-18)24-21(26)15-28-17-10-5-2-6-11-17/h1-13H,14-15H2,(H2,22,23,24,25,26). The highest BCUT2D eigenvalue weighted by atomic mass is 32.2. The molecular formula is C21H19N3O2S2. The topological polar surface area (TPSA) is 71.1 Å². The molecule has 3 aromatic rings. The molecule has 2 N–H and O–H groups in total. The van der Waals surface area contributed by atoms with E-state index in [1.165, 1.54) is 23.5 Å². The van der Waals surface area contributed by atoms with E-state index in [2.05, 4.69) is 15.6 Å². The Hall–Kier alpha value is -2.77. The Labute approximate surface area is 172 Å². The van der Waals surface area contributed by atoms with Gasteiger partial charge < -0.3 is 10.6 Å². The fourth-order valence-corrected chi connectivity index (χ4v) is 3.70. The summed E-state index contributed by atoms with van der Waals surface area (Å²) < 4.78 is 0. The third-order valence-corrected chi connectivity index (χ3v) is 5.53. The molecule has 0 fully saturated rings.